The highest BCUT2D eigenvalue weighted by molar-refractivity contribution is 5.50. The maximum atomic E-state index is 3.55. The van der Waals surface area contributed by atoms with Crippen LogP contribution in [0.3, 0.4) is 0 Å². The number of allylic oxidation sites excluding steroid dienone is 2. The maximum absolute atomic E-state index is 3.55. The second-order valence-corrected chi connectivity index (χ2v) is 4.35. The minimum Gasteiger partial charge on any atom is -0.385 e. The number of para-hydroxylation sites is 1. The lowest BCUT2D eigenvalue weighted by atomic mass is 9.94. The smallest absolute Gasteiger partial charge is 0.0369 e. The van der Waals surface area contributed by atoms with Crippen LogP contribution in [0.1, 0.15) is 24.8 Å². The van der Waals surface area contributed by atoms with Gasteiger partial charge < -0.3 is 5.32 Å². The Morgan fingerprint density at radius 1 is 1.27 bits per heavy atom. The van der Waals surface area contributed by atoms with Crippen LogP contribution in [0.5, 0.6) is 0 Å². The third kappa shape index (κ3) is 2.85. The Morgan fingerprint density at radius 2 is 2.13 bits per heavy atom. The van der Waals surface area contributed by atoms with E-state index in [0.717, 1.165) is 12.5 Å². The molecule has 2 rings (SSSR count). The summed E-state index contributed by atoms with van der Waals surface area (Å²) in [5.41, 5.74) is 2.62. The largest absolute Gasteiger partial charge is 0.385 e. The number of hydrogen-bond donors (Lipinski definition) is 1. The Kier molecular flexibility index (Phi) is 3.44. The van der Waals surface area contributed by atoms with Crippen LogP contribution < -0.4 is 5.32 Å². The monoisotopic (exact) mass is 201 g/mol. The van der Waals surface area contributed by atoms with Crippen LogP contribution >= 0.6 is 0 Å². The normalized spacial score (nSPS) is 20.2. The van der Waals surface area contributed by atoms with Crippen LogP contribution in [0.2, 0.25) is 0 Å². The predicted octanol–water partition coefficient (Wildman–Crippen LogP) is 3.76. The maximum Gasteiger partial charge on any atom is 0.0369 e. The SMILES string of the molecule is Cc1ccccc1NC[C@@H]1CC=CCC1. The molecule has 0 bridgehead atoms. The lowest BCUT2D eigenvalue weighted by molar-refractivity contribution is 0.504. The van der Waals surface area contributed by atoms with Crippen molar-refractivity contribution in [2.75, 3.05) is 11.9 Å². The molecule has 1 atom stereocenters. The number of anilines is 1. The molecule has 0 saturated carbocycles. The third-order valence-corrected chi connectivity index (χ3v) is 3.10. The molecular formula is C14H19N. The molecule has 1 nitrogen and oxygen atoms in total. The van der Waals surface area contributed by atoms with E-state index in [1.807, 2.05) is 0 Å². The van der Waals surface area contributed by atoms with Crippen molar-refractivity contribution < 1.29 is 0 Å². The molecule has 1 N–H and O–H groups in total. The van der Waals surface area contributed by atoms with Crippen LogP contribution in [0, 0.1) is 12.8 Å². The topological polar surface area (TPSA) is 12.0 Å². The van der Waals surface area contributed by atoms with Gasteiger partial charge in [-0.25, -0.2) is 0 Å². The van der Waals surface area contributed by atoms with Gasteiger partial charge in [0.25, 0.3) is 0 Å². The van der Waals surface area contributed by atoms with E-state index < -0.39 is 0 Å². The molecule has 1 heteroatoms. The first-order valence-electron chi connectivity index (χ1n) is 5.81. The van der Waals surface area contributed by atoms with Gasteiger partial charge in [0.15, 0.2) is 0 Å². The zero-order valence-corrected chi connectivity index (χ0v) is 9.37. The summed E-state index contributed by atoms with van der Waals surface area (Å²) < 4.78 is 0. The Labute approximate surface area is 92.2 Å². The molecule has 0 aliphatic heterocycles. The second-order valence-electron chi connectivity index (χ2n) is 4.35. The van der Waals surface area contributed by atoms with Crippen molar-refractivity contribution in [3.05, 3.63) is 42.0 Å². The summed E-state index contributed by atoms with van der Waals surface area (Å²) in [6.07, 6.45) is 8.42. The second kappa shape index (κ2) is 5.01. The Bertz CT molecular complexity index is 341. The van der Waals surface area contributed by atoms with E-state index in [1.165, 1.54) is 30.5 Å². The Hall–Kier alpha value is -1.24. The van der Waals surface area contributed by atoms with E-state index >= 15 is 0 Å². The van der Waals surface area contributed by atoms with Crippen molar-refractivity contribution in [1.29, 1.82) is 0 Å². The molecule has 0 amide bonds. The standard InChI is InChI=1S/C14H19N/c1-12-7-5-6-10-14(12)15-11-13-8-3-2-4-9-13/h2-3,5-7,10,13,15H,4,8-9,11H2,1H3/t13-/m1/s1. The average Bonchev–Trinajstić information content (AvgIpc) is 2.29. The number of rotatable bonds is 3. The first-order chi connectivity index (χ1) is 7.36. The van der Waals surface area contributed by atoms with Gasteiger partial charge in [-0.3, -0.25) is 0 Å². The van der Waals surface area contributed by atoms with E-state index in [2.05, 4.69) is 48.7 Å². The molecular weight excluding hydrogens is 182 g/mol. The fraction of sp³-hybridized carbons (Fsp3) is 0.429. The van der Waals surface area contributed by atoms with Crippen LogP contribution in [0.15, 0.2) is 36.4 Å². The molecule has 0 heterocycles. The molecule has 0 spiro atoms. The number of nitrogens with one attached hydrogen (secondary N) is 1. The quantitative estimate of drug-likeness (QED) is 0.734. The zero-order chi connectivity index (χ0) is 10.5. The molecule has 1 aromatic rings. The third-order valence-electron chi connectivity index (χ3n) is 3.10. The van der Waals surface area contributed by atoms with E-state index in [-0.39, 0.29) is 0 Å². The van der Waals surface area contributed by atoms with Crippen LogP contribution in [-0.2, 0) is 0 Å². The van der Waals surface area contributed by atoms with Gasteiger partial charge in [0.2, 0.25) is 0 Å². The van der Waals surface area contributed by atoms with E-state index in [0.29, 0.717) is 0 Å². The Balaban J connectivity index is 1.87. The molecule has 1 aliphatic rings. The van der Waals surface area contributed by atoms with Gasteiger partial charge in [0.05, 0.1) is 0 Å². The van der Waals surface area contributed by atoms with Gasteiger partial charge in [0.1, 0.15) is 0 Å². The minimum atomic E-state index is 0.814. The van der Waals surface area contributed by atoms with Crippen molar-refractivity contribution in [2.24, 2.45) is 5.92 Å². The number of benzene rings is 1. The van der Waals surface area contributed by atoms with Crippen LogP contribution in [0.25, 0.3) is 0 Å². The summed E-state index contributed by atoms with van der Waals surface area (Å²) in [5, 5.41) is 3.55. The number of hydrogen-bond acceptors (Lipinski definition) is 1. The van der Waals surface area contributed by atoms with E-state index in [1.54, 1.807) is 0 Å². The van der Waals surface area contributed by atoms with Gasteiger partial charge >= 0.3 is 0 Å². The molecule has 0 fully saturated rings. The van der Waals surface area contributed by atoms with E-state index in [4.69, 9.17) is 0 Å². The minimum absolute atomic E-state index is 0.814. The average molecular weight is 201 g/mol. The van der Waals surface area contributed by atoms with Gasteiger partial charge in [-0.05, 0) is 43.7 Å². The molecule has 0 saturated heterocycles. The first kappa shape index (κ1) is 10.3. The highest BCUT2D eigenvalue weighted by Gasteiger charge is 2.09. The summed E-state index contributed by atoms with van der Waals surface area (Å²) in [7, 11) is 0. The van der Waals surface area contributed by atoms with Crippen molar-refractivity contribution >= 4 is 5.69 Å². The van der Waals surface area contributed by atoms with Crippen LogP contribution in [-0.4, -0.2) is 6.54 Å². The van der Waals surface area contributed by atoms with Crippen molar-refractivity contribution in [3.8, 4) is 0 Å². The van der Waals surface area contributed by atoms with Crippen LogP contribution in [0.4, 0.5) is 5.69 Å². The van der Waals surface area contributed by atoms with Gasteiger partial charge in [-0.2, -0.15) is 0 Å². The first-order valence-corrected chi connectivity index (χ1v) is 5.81. The summed E-state index contributed by atoms with van der Waals surface area (Å²) >= 11 is 0. The van der Waals surface area contributed by atoms with Crippen molar-refractivity contribution in [2.45, 2.75) is 26.2 Å². The van der Waals surface area contributed by atoms with Gasteiger partial charge in [0, 0.05) is 12.2 Å². The zero-order valence-electron chi connectivity index (χ0n) is 9.37. The molecule has 0 radical (unpaired) electrons. The van der Waals surface area contributed by atoms with Crippen molar-refractivity contribution in [3.63, 3.8) is 0 Å². The molecule has 1 aromatic carbocycles. The molecule has 0 aromatic heterocycles. The van der Waals surface area contributed by atoms with Gasteiger partial charge in [-0.15, -0.1) is 0 Å². The summed E-state index contributed by atoms with van der Waals surface area (Å²) in [4.78, 5) is 0. The van der Waals surface area contributed by atoms with E-state index in [9.17, 15) is 0 Å². The molecule has 1 aliphatic carbocycles. The molecule has 0 unspecified atom stereocenters. The Morgan fingerprint density at radius 3 is 2.87 bits per heavy atom. The highest BCUT2D eigenvalue weighted by Crippen LogP contribution is 2.20. The fourth-order valence-electron chi connectivity index (χ4n) is 2.07. The van der Waals surface area contributed by atoms with Crippen molar-refractivity contribution in [1.82, 2.24) is 0 Å². The number of aryl methyl sites for hydroxylation is 1. The lowest BCUT2D eigenvalue weighted by Crippen LogP contribution is -2.15. The summed E-state index contributed by atoms with van der Waals surface area (Å²) in [6, 6.07) is 8.50. The fourth-order valence-corrected chi connectivity index (χ4v) is 2.07. The molecule has 80 valence electrons. The molecule has 15 heavy (non-hydrogen) atoms. The summed E-state index contributed by atoms with van der Waals surface area (Å²) in [5.74, 6) is 0.814. The lowest BCUT2D eigenvalue weighted by Gasteiger charge is -2.19. The highest BCUT2D eigenvalue weighted by atomic mass is 14.9. The van der Waals surface area contributed by atoms with Gasteiger partial charge in [-0.1, -0.05) is 30.4 Å². The summed E-state index contributed by atoms with van der Waals surface area (Å²) in [6.45, 7) is 3.26. The predicted molar refractivity (Wildman–Crippen MR) is 66.1 cm³/mol.